The Hall–Kier alpha value is -4.80. The van der Waals surface area contributed by atoms with Gasteiger partial charge in [-0.25, -0.2) is 9.67 Å². The Balaban J connectivity index is 1.38. The number of nitrogens with one attached hydrogen (secondary N) is 1. The number of fused-ring (bicyclic) bond motifs is 1. The number of hydrogen-bond donors (Lipinski definition) is 1. The van der Waals surface area contributed by atoms with Gasteiger partial charge in [-0.05, 0) is 35.9 Å². The van der Waals surface area contributed by atoms with Crippen LogP contribution in [0.15, 0.2) is 101 Å². The third-order valence-electron chi connectivity index (χ3n) is 6.31. The molecule has 3 aromatic carbocycles. The Labute approximate surface area is 236 Å². The lowest BCUT2D eigenvalue weighted by Gasteiger charge is -2.19. The van der Waals surface area contributed by atoms with Gasteiger partial charge in [0.05, 0.1) is 29.3 Å². The fraction of sp³-hybridized carbons (Fsp3) is 0.0714. The van der Waals surface area contributed by atoms with Crippen molar-refractivity contribution in [3.8, 4) is 16.9 Å². The third-order valence-corrected chi connectivity index (χ3v) is 6.72. The first kappa shape index (κ1) is 25.5. The second-order valence-corrected chi connectivity index (χ2v) is 9.71. The van der Waals surface area contributed by atoms with Crippen LogP contribution in [0.1, 0.15) is 11.6 Å². The van der Waals surface area contributed by atoms with Gasteiger partial charge in [-0.1, -0.05) is 76.0 Å². The van der Waals surface area contributed by atoms with Crippen molar-refractivity contribution in [3.05, 3.63) is 117 Å². The summed E-state index contributed by atoms with van der Waals surface area (Å²) in [5.74, 6) is -0.174. The van der Waals surface area contributed by atoms with Crippen LogP contribution in [0.4, 0.5) is 5.82 Å². The van der Waals surface area contributed by atoms with Crippen molar-refractivity contribution in [1.29, 1.82) is 0 Å². The highest BCUT2D eigenvalue weighted by atomic mass is 35.5. The number of halogens is 2. The van der Waals surface area contributed by atoms with Gasteiger partial charge in [0.15, 0.2) is 16.6 Å². The Kier molecular flexibility index (Phi) is 6.85. The zero-order valence-electron chi connectivity index (χ0n) is 20.6. The molecule has 0 saturated heterocycles. The van der Waals surface area contributed by atoms with Crippen LogP contribution in [0.2, 0.25) is 10.2 Å². The number of rotatable bonds is 7. The van der Waals surface area contributed by atoms with Gasteiger partial charge in [-0.15, -0.1) is 5.10 Å². The summed E-state index contributed by atoms with van der Waals surface area (Å²) in [4.78, 5) is 31.7. The van der Waals surface area contributed by atoms with Crippen molar-refractivity contribution >= 4 is 45.9 Å². The molecule has 0 spiro atoms. The molecule has 0 aliphatic heterocycles. The van der Waals surface area contributed by atoms with Crippen LogP contribution in [0, 0.1) is 0 Å². The molecular formula is C28H19Cl2N7O3. The SMILES string of the molecule is O=C(Nc1noc2ccccc12)C(Cc1ccccc1)n1cnc(-c2cc(Cl)ccc2-n2cc(Cl)nn2)cc1=O. The predicted molar refractivity (Wildman–Crippen MR) is 151 cm³/mol. The third kappa shape index (κ3) is 5.09. The highest BCUT2D eigenvalue weighted by Crippen LogP contribution is 2.29. The molecule has 198 valence electrons. The van der Waals surface area contributed by atoms with Crippen LogP contribution >= 0.6 is 23.2 Å². The Morgan fingerprint density at radius 1 is 1.00 bits per heavy atom. The van der Waals surface area contributed by atoms with Crippen LogP contribution in [0.5, 0.6) is 0 Å². The number of hydrogen-bond acceptors (Lipinski definition) is 7. The Bertz CT molecular complexity index is 1900. The minimum absolute atomic E-state index is 0.207. The standard InChI is InChI=1S/C28H19Cl2N7O3/c29-18-10-11-22(37-15-25(30)33-35-37)20(13-18)21-14-26(38)36(16-31-21)23(12-17-6-2-1-3-7-17)28(39)32-27-19-8-4-5-9-24(19)40-34-27/h1-11,13-16,23H,12H2,(H,32,34,39). The average molecular weight is 572 g/mol. The number of carbonyl (C=O) groups is 1. The molecule has 40 heavy (non-hydrogen) atoms. The quantitative estimate of drug-likeness (QED) is 0.273. The highest BCUT2D eigenvalue weighted by molar-refractivity contribution is 6.31. The van der Waals surface area contributed by atoms with Gasteiger partial charge in [0.25, 0.3) is 5.56 Å². The van der Waals surface area contributed by atoms with Gasteiger partial charge >= 0.3 is 0 Å². The summed E-state index contributed by atoms with van der Waals surface area (Å²) < 4.78 is 8.09. The molecule has 1 N–H and O–H groups in total. The van der Waals surface area contributed by atoms with Crippen LogP contribution in [-0.4, -0.2) is 35.6 Å². The van der Waals surface area contributed by atoms with Crippen molar-refractivity contribution in [2.24, 2.45) is 0 Å². The molecule has 0 aliphatic rings. The van der Waals surface area contributed by atoms with Gasteiger partial charge in [-0.3, -0.25) is 14.2 Å². The number of amides is 1. The molecule has 6 rings (SSSR count). The summed E-state index contributed by atoms with van der Waals surface area (Å²) in [6, 6.07) is 22.1. The van der Waals surface area contributed by atoms with E-state index in [0.29, 0.717) is 32.9 Å². The van der Waals surface area contributed by atoms with Crippen molar-refractivity contribution in [2.45, 2.75) is 12.5 Å². The lowest BCUT2D eigenvalue weighted by atomic mass is 10.0. The van der Waals surface area contributed by atoms with E-state index in [0.717, 1.165) is 5.56 Å². The fourth-order valence-electron chi connectivity index (χ4n) is 4.40. The molecule has 1 unspecified atom stereocenters. The number of benzene rings is 3. The molecule has 12 heteroatoms. The Morgan fingerprint density at radius 2 is 1.80 bits per heavy atom. The van der Waals surface area contributed by atoms with Gasteiger partial charge < -0.3 is 9.84 Å². The molecule has 0 bridgehead atoms. The fourth-order valence-corrected chi connectivity index (χ4v) is 4.69. The smallest absolute Gasteiger partial charge is 0.254 e. The van der Waals surface area contributed by atoms with Crippen molar-refractivity contribution in [2.75, 3.05) is 5.32 Å². The number of carbonyl (C=O) groups excluding carboxylic acids is 1. The van der Waals surface area contributed by atoms with E-state index in [4.69, 9.17) is 27.7 Å². The summed E-state index contributed by atoms with van der Waals surface area (Å²) in [6.07, 6.45) is 3.12. The van der Waals surface area contributed by atoms with E-state index in [9.17, 15) is 9.59 Å². The monoisotopic (exact) mass is 571 g/mol. The molecule has 0 radical (unpaired) electrons. The topological polar surface area (TPSA) is 121 Å². The zero-order chi connectivity index (χ0) is 27.6. The lowest BCUT2D eigenvalue weighted by molar-refractivity contribution is -0.119. The molecule has 3 aromatic heterocycles. The number of aromatic nitrogens is 6. The second-order valence-electron chi connectivity index (χ2n) is 8.89. The highest BCUT2D eigenvalue weighted by Gasteiger charge is 2.25. The van der Waals surface area contributed by atoms with Crippen molar-refractivity contribution in [1.82, 2.24) is 29.7 Å². The molecule has 1 atom stereocenters. The molecular weight excluding hydrogens is 553 g/mol. The minimum atomic E-state index is -0.931. The molecule has 0 fully saturated rings. The van der Waals surface area contributed by atoms with Crippen molar-refractivity contribution < 1.29 is 9.32 Å². The van der Waals surface area contributed by atoms with Gasteiger partial charge in [-0.2, -0.15) is 0 Å². The number of anilines is 1. The normalized spacial score (nSPS) is 11.9. The molecule has 3 heterocycles. The molecule has 1 amide bonds. The summed E-state index contributed by atoms with van der Waals surface area (Å²) >= 11 is 12.2. The summed E-state index contributed by atoms with van der Waals surface area (Å²) in [5, 5.41) is 15.9. The molecule has 6 aromatic rings. The van der Waals surface area contributed by atoms with Crippen LogP contribution in [-0.2, 0) is 11.2 Å². The summed E-state index contributed by atoms with van der Waals surface area (Å²) in [7, 11) is 0. The van der Waals surface area contributed by atoms with Gasteiger partial charge in [0, 0.05) is 23.1 Å². The van der Waals surface area contributed by atoms with Crippen LogP contribution < -0.4 is 10.9 Å². The largest absolute Gasteiger partial charge is 0.354 e. The number of para-hydroxylation sites is 1. The maximum atomic E-state index is 13.6. The first-order valence-corrected chi connectivity index (χ1v) is 12.9. The van der Waals surface area contributed by atoms with E-state index >= 15 is 0 Å². The first-order valence-electron chi connectivity index (χ1n) is 12.1. The number of nitrogens with zero attached hydrogens (tertiary/aromatic N) is 6. The average Bonchev–Trinajstić information content (AvgIpc) is 3.58. The van der Waals surface area contributed by atoms with E-state index in [1.54, 1.807) is 30.3 Å². The first-order chi connectivity index (χ1) is 19.5. The zero-order valence-corrected chi connectivity index (χ0v) is 22.1. The minimum Gasteiger partial charge on any atom is -0.354 e. The van der Waals surface area contributed by atoms with E-state index in [-0.39, 0.29) is 17.4 Å². The lowest BCUT2D eigenvalue weighted by Crippen LogP contribution is -2.34. The second kappa shape index (κ2) is 10.8. The summed E-state index contributed by atoms with van der Waals surface area (Å²) in [5.41, 5.74) is 2.41. The van der Waals surface area contributed by atoms with Crippen LogP contribution in [0.25, 0.3) is 27.9 Å². The molecule has 10 nitrogen and oxygen atoms in total. The predicted octanol–water partition coefficient (Wildman–Crippen LogP) is 5.36. The van der Waals surface area contributed by atoms with Gasteiger partial charge in [0.1, 0.15) is 6.04 Å². The molecule has 0 saturated carbocycles. The van der Waals surface area contributed by atoms with E-state index in [2.05, 4.69) is 25.8 Å². The van der Waals surface area contributed by atoms with E-state index in [1.807, 2.05) is 42.5 Å². The molecule has 0 aliphatic carbocycles. The van der Waals surface area contributed by atoms with E-state index in [1.165, 1.54) is 27.8 Å². The van der Waals surface area contributed by atoms with Crippen LogP contribution in [0.3, 0.4) is 0 Å². The van der Waals surface area contributed by atoms with E-state index < -0.39 is 17.5 Å². The van der Waals surface area contributed by atoms with Crippen molar-refractivity contribution in [3.63, 3.8) is 0 Å². The maximum Gasteiger partial charge on any atom is 0.254 e. The summed E-state index contributed by atoms with van der Waals surface area (Å²) in [6.45, 7) is 0. The van der Waals surface area contributed by atoms with Gasteiger partial charge in [0.2, 0.25) is 5.91 Å². The Morgan fingerprint density at radius 3 is 2.58 bits per heavy atom. The maximum absolute atomic E-state index is 13.6.